The van der Waals surface area contributed by atoms with Crippen molar-refractivity contribution in [3.8, 4) is 0 Å². The fourth-order valence-corrected chi connectivity index (χ4v) is 2.95. The van der Waals surface area contributed by atoms with Crippen LogP contribution in [0.15, 0.2) is 0 Å². The molecule has 6 heteroatoms. The number of hydrogen-bond acceptors (Lipinski definition) is 3. The predicted octanol–water partition coefficient (Wildman–Crippen LogP) is -0.732. The van der Waals surface area contributed by atoms with Crippen molar-refractivity contribution in [2.45, 2.75) is 12.5 Å². The van der Waals surface area contributed by atoms with E-state index in [9.17, 15) is 8.42 Å². The topological polar surface area (TPSA) is 53.1 Å². The van der Waals surface area contributed by atoms with Gasteiger partial charge >= 0.3 is 0 Å². The summed E-state index contributed by atoms with van der Waals surface area (Å²) >= 11 is 0. The van der Waals surface area contributed by atoms with Crippen LogP contribution in [0.25, 0.3) is 0 Å². The number of ether oxygens (including phenoxy) is 1. The third-order valence-electron chi connectivity index (χ3n) is 2.41. The number of hydrogen-bond donors (Lipinski definition) is 0. The Morgan fingerprint density at radius 1 is 1.46 bits per heavy atom. The largest absolute Gasteiger partial charge is 0.372 e. The smallest absolute Gasteiger partial charge is 0.281 e. The lowest BCUT2D eigenvalue weighted by Gasteiger charge is -2.31. The predicted molar refractivity (Wildman–Crippen MR) is 47.5 cm³/mol. The lowest BCUT2D eigenvalue weighted by atomic mass is 10.4. The number of rotatable bonds is 2. The Balaban J connectivity index is 2.06. The van der Waals surface area contributed by atoms with E-state index in [1.54, 1.807) is 7.05 Å². The fraction of sp³-hybridized carbons (Fsp3) is 1.00. The van der Waals surface area contributed by atoms with Crippen LogP contribution in [0.5, 0.6) is 0 Å². The summed E-state index contributed by atoms with van der Waals surface area (Å²) in [6, 6.07) is 0. The number of epoxide rings is 1. The minimum atomic E-state index is -3.17. The molecule has 2 fully saturated rings. The molecule has 0 aromatic heterocycles. The highest BCUT2D eigenvalue weighted by Gasteiger charge is 2.35. The van der Waals surface area contributed by atoms with Gasteiger partial charge < -0.3 is 4.74 Å². The maximum Gasteiger partial charge on any atom is 0.281 e. The molecule has 0 unspecified atom stereocenters. The lowest BCUT2D eigenvalue weighted by Crippen LogP contribution is -2.48. The standard InChI is InChI=1S/C7H14N2O3S/c1-8-3-2-4-9(13(8,10)11)5-7-6-12-7/h7H,2-6H2,1H3/t7-/m0/s1. The lowest BCUT2D eigenvalue weighted by molar-refractivity contribution is 0.281. The van der Waals surface area contributed by atoms with Crippen LogP contribution in [0, 0.1) is 0 Å². The third kappa shape index (κ3) is 1.85. The van der Waals surface area contributed by atoms with Gasteiger partial charge in [0, 0.05) is 26.7 Å². The summed E-state index contributed by atoms with van der Waals surface area (Å²) in [7, 11) is -1.55. The summed E-state index contributed by atoms with van der Waals surface area (Å²) in [6.07, 6.45) is 1.05. The molecule has 2 aliphatic rings. The number of nitrogens with zero attached hydrogens (tertiary/aromatic N) is 2. The van der Waals surface area contributed by atoms with Gasteiger partial charge in [0.25, 0.3) is 10.2 Å². The molecule has 76 valence electrons. The second-order valence-corrected chi connectivity index (χ2v) is 5.53. The van der Waals surface area contributed by atoms with Crippen molar-refractivity contribution in [2.75, 3.05) is 33.3 Å². The normalized spacial score (nSPS) is 34.7. The quantitative estimate of drug-likeness (QED) is 0.560. The van der Waals surface area contributed by atoms with Crippen LogP contribution in [0.4, 0.5) is 0 Å². The molecule has 2 aliphatic heterocycles. The molecule has 0 aromatic carbocycles. The minimum Gasteiger partial charge on any atom is -0.372 e. The molecule has 0 N–H and O–H groups in total. The molecule has 0 spiro atoms. The van der Waals surface area contributed by atoms with Gasteiger partial charge in [-0.15, -0.1) is 0 Å². The first-order chi connectivity index (χ1) is 6.10. The van der Waals surface area contributed by atoms with E-state index in [2.05, 4.69) is 0 Å². The van der Waals surface area contributed by atoms with Crippen molar-refractivity contribution in [1.82, 2.24) is 8.61 Å². The van der Waals surface area contributed by atoms with Gasteiger partial charge in [0.2, 0.25) is 0 Å². The zero-order chi connectivity index (χ0) is 9.47. The first kappa shape index (κ1) is 9.39. The molecule has 2 heterocycles. The Bertz CT molecular complexity index is 286. The Labute approximate surface area is 78.4 Å². The van der Waals surface area contributed by atoms with E-state index < -0.39 is 10.2 Å². The van der Waals surface area contributed by atoms with E-state index in [4.69, 9.17) is 4.74 Å². The highest BCUT2D eigenvalue weighted by molar-refractivity contribution is 7.86. The van der Waals surface area contributed by atoms with Crippen molar-refractivity contribution in [3.63, 3.8) is 0 Å². The summed E-state index contributed by atoms with van der Waals surface area (Å²) in [5.74, 6) is 0. The minimum absolute atomic E-state index is 0.140. The molecule has 0 amide bonds. The third-order valence-corrected chi connectivity index (χ3v) is 4.36. The van der Waals surface area contributed by atoms with Crippen LogP contribution >= 0.6 is 0 Å². The summed E-state index contributed by atoms with van der Waals surface area (Å²) in [5.41, 5.74) is 0. The van der Waals surface area contributed by atoms with Crippen molar-refractivity contribution < 1.29 is 13.2 Å². The second-order valence-electron chi connectivity index (χ2n) is 3.50. The molecule has 5 nitrogen and oxygen atoms in total. The van der Waals surface area contributed by atoms with Gasteiger partial charge in [-0.25, -0.2) is 0 Å². The van der Waals surface area contributed by atoms with Crippen LogP contribution in [0.2, 0.25) is 0 Å². The average Bonchev–Trinajstić information content (AvgIpc) is 2.83. The molecule has 2 saturated heterocycles. The van der Waals surface area contributed by atoms with Crippen molar-refractivity contribution in [1.29, 1.82) is 0 Å². The van der Waals surface area contributed by atoms with E-state index in [1.807, 2.05) is 0 Å². The maximum absolute atomic E-state index is 11.7. The molecular formula is C7H14N2O3S. The van der Waals surface area contributed by atoms with Crippen molar-refractivity contribution in [3.05, 3.63) is 0 Å². The molecule has 0 bridgehead atoms. The molecule has 0 aliphatic carbocycles. The summed E-state index contributed by atoms with van der Waals surface area (Å²) in [6.45, 7) is 2.49. The van der Waals surface area contributed by atoms with E-state index in [0.717, 1.165) is 6.42 Å². The SMILES string of the molecule is CN1CCCN(C[C@H]2CO2)S1(=O)=O. The molecule has 13 heavy (non-hydrogen) atoms. The molecule has 0 saturated carbocycles. The highest BCUT2D eigenvalue weighted by Crippen LogP contribution is 2.18. The van der Waals surface area contributed by atoms with Crippen LogP contribution in [-0.4, -0.2) is 56.4 Å². The zero-order valence-corrected chi connectivity index (χ0v) is 8.46. The van der Waals surface area contributed by atoms with Gasteiger partial charge in [-0.1, -0.05) is 0 Å². The van der Waals surface area contributed by atoms with Gasteiger partial charge in [0.05, 0.1) is 12.7 Å². The van der Waals surface area contributed by atoms with E-state index in [-0.39, 0.29) is 6.10 Å². The summed E-state index contributed by atoms with van der Waals surface area (Å²) in [5, 5.41) is 0. The Kier molecular flexibility index (Phi) is 2.31. The monoisotopic (exact) mass is 206 g/mol. The first-order valence-electron chi connectivity index (χ1n) is 4.44. The van der Waals surface area contributed by atoms with Gasteiger partial charge in [0.15, 0.2) is 0 Å². The van der Waals surface area contributed by atoms with E-state index in [1.165, 1.54) is 8.61 Å². The summed E-state index contributed by atoms with van der Waals surface area (Å²) < 4.78 is 31.3. The average molecular weight is 206 g/mol. The van der Waals surface area contributed by atoms with Crippen LogP contribution in [0.3, 0.4) is 0 Å². The highest BCUT2D eigenvalue weighted by atomic mass is 32.2. The van der Waals surface area contributed by atoms with Crippen molar-refractivity contribution >= 4 is 10.2 Å². The van der Waals surface area contributed by atoms with Crippen LogP contribution in [-0.2, 0) is 14.9 Å². The van der Waals surface area contributed by atoms with Crippen LogP contribution in [0.1, 0.15) is 6.42 Å². The zero-order valence-electron chi connectivity index (χ0n) is 7.64. The van der Waals surface area contributed by atoms with Crippen LogP contribution < -0.4 is 0 Å². The van der Waals surface area contributed by atoms with E-state index >= 15 is 0 Å². The molecule has 2 rings (SSSR count). The first-order valence-corrected chi connectivity index (χ1v) is 5.83. The Morgan fingerprint density at radius 2 is 2.15 bits per heavy atom. The second kappa shape index (κ2) is 3.20. The molecule has 0 radical (unpaired) electrons. The van der Waals surface area contributed by atoms with Gasteiger partial charge in [-0.05, 0) is 6.42 Å². The van der Waals surface area contributed by atoms with Gasteiger partial charge in [-0.2, -0.15) is 17.0 Å². The molecule has 1 atom stereocenters. The van der Waals surface area contributed by atoms with E-state index in [0.29, 0.717) is 26.2 Å². The molecular weight excluding hydrogens is 192 g/mol. The summed E-state index contributed by atoms with van der Waals surface area (Å²) in [4.78, 5) is 0. The maximum atomic E-state index is 11.7. The van der Waals surface area contributed by atoms with Gasteiger partial charge in [-0.3, -0.25) is 0 Å². The Hall–Kier alpha value is -0.170. The van der Waals surface area contributed by atoms with Gasteiger partial charge in [0.1, 0.15) is 0 Å². The Morgan fingerprint density at radius 3 is 2.77 bits per heavy atom. The fourth-order valence-electron chi connectivity index (χ4n) is 1.48. The molecule has 0 aromatic rings. The van der Waals surface area contributed by atoms with Crippen molar-refractivity contribution in [2.24, 2.45) is 0 Å².